The van der Waals surface area contributed by atoms with Gasteiger partial charge in [0.05, 0.1) is 5.70 Å². The van der Waals surface area contributed by atoms with Crippen LogP contribution in [0.1, 0.15) is 5.56 Å². The summed E-state index contributed by atoms with van der Waals surface area (Å²) in [6.45, 7) is 7.39. The number of hydrogen-bond donors (Lipinski definition) is 0. The number of rotatable bonds is 7. The van der Waals surface area contributed by atoms with E-state index in [4.69, 9.17) is 26.6 Å². The lowest BCUT2D eigenvalue weighted by Gasteiger charge is -2.11. The number of allylic oxidation sites excluding steroid dienone is 2. The third-order valence-corrected chi connectivity index (χ3v) is 6.03. The first-order valence-electron chi connectivity index (χ1n) is 11.7. The molecule has 0 aliphatic carbocycles. The summed E-state index contributed by atoms with van der Waals surface area (Å²) in [7, 11) is 0. The van der Waals surface area contributed by atoms with Crippen LogP contribution in [0, 0.1) is 0 Å². The highest BCUT2D eigenvalue weighted by Crippen LogP contribution is 2.31. The molecule has 37 heavy (non-hydrogen) atoms. The first kappa shape index (κ1) is 24.0. The fourth-order valence-electron chi connectivity index (χ4n) is 4.01. The molecule has 0 saturated heterocycles. The van der Waals surface area contributed by atoms with Crippen molar-refractivity contribution in [1.29, 1.82) is 0 Å². The van der Waals surface area contributed by atoms with Gasteiger partial charge in [-0.1, -0.05) is 109 Å². The molecule has 0 saturated carbocycles. The van der Waals surface area contributed by atoms with E-state index in [9.17, 15) is 0 Å². The van der Waals surface area contributed by atoms with Crippen molar-refractivity contribution in [1.82, 2.24) is 15.0 Å². The van der Waals surface area contributed by atoms with E-state index >= 15 is 0 Å². The summed E-state index contributed by atoms with van der Waals surface area (Å²) in [5.41, 5.74) is 6.33. The van der Waals surface area contributed by atoms with Gasteiger partial charge in [0.25, 0.3) is 0 Å². The molecule has 0 amide bonds. The van der Waals surface area contributed by atoms with Crippen molar-refractivity contribution in [3.8, 4) is 45.3 Å². The van der Waals surface area contributed by atoms with Gasteiger partial charge >= 0.3 is 0 Å². The molecule has 0 atom stereocenters. The van der Waals surface area contributed by atoms with Crippen molar-refractivity contribution in [2.45, 2.75) is 0 Å². The second-order valence-electron chi connectivity index (χ2n) is 8.29. The van der Waals surface area contributed by atoms with Crippen LogP contribution in [-0.4, -0.2) is 21.7 Å². The molecule has 5 heteroatoms. The number of aromatic nitrogens is 3. The van der Waals surface area contributed by atoms with E-state index in [1.165, 1.54) is 0 Å². The molecule has 4 nitrogen and oxygen atoms in total. The molecule has 0 unspecified atom stereocenters. The first-order valence-corrected chi connectivity index (χ1v) is 12.1. The van der Waals surface area contributed by atoms with Crippen molar-refractivity contribution >= 4 is 24.0 Å². The third-order valence-electron chi connectivity index (χ3n) is 5.82. The van der Waals surface area contributed by atoms with Gasteiger partial charge in [-0.3, -0.25) is 4.99 Å². The van der Waals surface area contributed by atoms with Gasteiger partial charge in [-0.2, -0.15) is 0 Å². The van der Waals surface area contributed by atoms with E-state index in [1.54, 1.807) is 6.08 Å². The largest absolute Gasteiger partial charge is 0.264 e. The van der Waals surface area contributed by atoms with Gasteiger partial charge in [0.2, 0.25) is 0 Å². The molecule has 0 fully saturated rings. The lowest BCUT2D eigenvalue weighted by Crippen LogP contribution is -2.00. The number of halogens is 1. The zero-order valence-electron chi connectivity index (χ0n) is 20.1. The number of hydrogen-bond acceptors (Lipinski definition) is 4. The first-order chi connectivity index (χ1) is 18.1. The van der Waals surface area contributed by atoms with Gasteiger partial charge in [0.15, 0.2) is 17.5 Å². The Labute approximate surface area is 221 Å². The van der Waals surface area contributed by atoms with Crippen molar-refractivity contribution in [3.05, 3.63) is 132 Å². The minimum Gasteiger partial charge on any atom is -0.264 e. The SMILES string of the molecule is C=C/C=C(\N=C)c1ccc(-c2cc(Cl)cc(-c3nc(-c4ccccc4)nc(-c4ccccc4)n3)c2)cc1. The van der Waals surface area contributed by atoms with Crippen LogP contribution in [0.5, 0.6) is 0 Å². The van der Waals surface area contributed by atoms with Crippen LogP contribution in [0.4, 0.5) is 0 Å². The van der Waals surface area contributed by atoms with Gasteiger partial charge in [-0.05, 0) is 42.1 Å². The summed E-state index contributed by atoms with van der Waals surface area (Å²) in [5.74, 6) is 1.77. The van der Waals surface area contributed by atoms with Crippen LogP contribution < -0.4 is 0 Å². The highest BCUT2D eigenvalue weighted by Gasteiger charge is 2.14. The van der Waals surface area contributed by atoms with Crippen LogP contribution in [0.3, 0.4) is 0 Å². The average molecular weight is 499 g/mol. The predicted molar refractivity (Wildman–Crippen MR) is 154 cm³/mol. The molecule has 5 rings (SSSR count). The van der Waals surface area contributed by atoms with E-state index in [-0.39, 0.29) is 0 Å². The minimum absolute atomic E-state index is 0.556. The highest BCUT2D eigenvalue weighted by molar-refractivity contribution is 6.31. The standard InChI is InChI=1S/C32H23ClN4/c1-3-10-29(34-2)23-17-15-22(16-18-23)26-19-27(21-28(33)20-26)32-36-30(24-11-6-4-7-12-24)35-31(37-32)25-13-8-5-9-14-25/h3-21H,1-2H2/b29-10-. The van der Waals surface area contributed by atoms with E-state index in [1.807, 2.05) is 109 Å². The summed E-state index contributed by atoms with van der Waals surface area (Å²) in [6.07, 6.45) is 3.53. The topological polar surface area (TPSA) is 51.0 Å². The summed E-state index contributed by atoms with van der Waals surface area (Å²) in [6, 6.07) is 33.7. The lowest BCUT2D eigenvalue weighted by molar-refractivity contribution is 1.07. The molecular weight excluding hydrogens is 476 g/mol. The van der Waals surface area contributed by atoms with Crippen LogP contribution in [0.2, 0.25) is 5.02 Å². The van der Waals surface area contributed by atoms with Gasteiger partial charge in [-0.15, -0.1) is 0 Å². The Balaban J connectivity index is 1.61. The van der Waals surface area contributed by atoms with E-state index < -0.39 is 0 Å². The second-order valence-corrected chi connectivity index (χ2v) is 8.73. The molecule has 0 N–H and O–H groups in total. The van der Waals surface area contributed by atoms with Gasteiger partial charge < -0.3 is 0 Å². The number of benzene rings is 4. The van der Waals surface area contributed by atoms with Crippen LogP contribution in [0.15, 0.2) is 127 Å². The lowest BCUT2D eigenvalue weighted by atomic mass is 10.0. The quantitative estimate of drug-likeness (QED) is 0.167. The molecule has 5 aromatic rings. The Hall–Kier alpha value is -4.67. The van der Waals surface area contributed by atoms with Crippen LogP contribution >= 0.6 is 11.6 Å². The molecule has 0 aliphatic heterocycles. The Morgan fingerprint density at radius 2 is 1.14 bits per heavy atom. The minimum atomic E-state index is 0.556. The molecule has 1 heterocycles. The Morgan fingerprint density at radius 3 is 1.65 bits per heavy atom. The summed E-state index contributed by atoms with van der Waals surface area (Å²) < 4.78 is 0. The molecule has 0 radical (unpaired) electrons. The van der Waals surface area contributed by atoms with Gasteiger partial charge in [0.1, 0.15) is 0 Å². The van der Waals surface area contributed by atoms with Gasteiger partial charge in [-0.25, -0.2) is 15.0 Å². The summed E-state index contributed by atoms with van der Waals surface area (Å²) in [5, 5.41) is 0.597. The Bertz CT molecular complexity index is 1530. The smallest absolute Gasteiger partial charge is 0.164 e. The van der Waals surface area contributed by atoms with E-state index in [0.717, 1.165) is 39.1 Å². The summed E-state index contributed by atoms with van der Waals surface area (Å²) >= 11 is 6.59. The fourth-order valence-corrected chi connectivity index (χ4v) is 4.24. The van der Waals surface area contributed by atoms with Crippen LogP contribution in [0.25, 0.3) is 51.0 Å². The van der Waals surface area contributed by atoms with Crippen molar-refractivity contribution in [3.63, 3.8) is 0 Å². The number of aliphatic imine (C=N–C) groups is 1. The molecule has 178 valence electrons. The normalized spacial score (nSPS) is 11.2. The highest BCUT2D eigenvalue weighted by atomic mass is 35.5. The monoisotopic (exact) mass is 498 g/mol. The maximum absolute atomic E-state index is 6.59. The maximum Gasteiger partial charge on any atom is 0.164 e. The van der Waals surface area contributed by atoms with Crippen molar-refractivity contribution in [2.75, 3.05) is 0 Å². The van der Waals surface area contributed by atoms with E-state index in [0.29, 0.717) is 22.5 Å². The number of nitrogens with zero attached hydrogens (tertiary/aromatic N) is 4. The van der Waals surface area contributed by atoms with Crippen molar-refractivity contribution in [2.24, 2.45) is 4.99 Å². The average Bonchev–Trinajstić information content (AvgIpc) is 2.96. The zero-order chi connectivity index (χ0) is 25.6. The molecule has 4 aromatic carbocycles. The fraction of sp³-hybridized carbons (Fsp3) is 0. The Kier molecular flexibility index (Phi) is 7.11. The van der Waals surface area contributed by atoms with E-state index in [2.05, 4.69) is 18.3 Å². The molecule has 0 bridgehead atoms. The zero-order valence-corrected chi connectivity index (χ0v) is 20.8. The second kappa shape index (κ2) is 10.9. The van der Waals surface area contributed by atoms with Crippen LogP contribution in [-0.2, 0) is 0 Å². The third kappa shape index (κ3) is 5.45. The van der Waals surface area contributed by atoms with Crippen molar-refractivity contribution < 1.29 is 0 Å². The maximum atomic E-state index is 6.59. The molecule has 1 aromatic heterocycles. The summed E-state index contributed by atoms with van der Waals surface area (Å²) in [4.78, 5) is 18.5. The van der Waals surface area contributed by atoms with Gasteiger partial charge in [0, 0.05) is 27.3 Å². The molecule has 0 aliphatic rings. The predicted octanol–water partition coefficient (Wildman–Crippen LogP) is 8.42. The molecule has 0 spiro atoms. The molecular formula is C32H23ClN4. The Morgan fingerprint density at radius 1 is 0.622 bits per heavy atom.